The van der Waals surface area contributed by atoms with Crippen molar-refractivity contribution < 1.29 is 4.74 Å². The number of aromatic nitrogens is 2. The Bertz CT molecular complexity index is 730. The van der Waals surface area contributed by atoms with E-state index in [1.165, 1.54) is 11.1 Å². The fraction of sp³-hybridized carbons (Fsp3) is 0.375. The lowest BCUT2D eigenvalue weighted by Crippen LogP contribution is -2.20. The van der Waals surface area contributed by atoms with Crippen LogP contribution in [-0.2, 0) is 6.42 Å². The van der Waals surface area contributed by atoms with E-state index in [1.807, 2.05) is 6.07 Å². The van der Waals surface area contributed by atoms with Crippen LogP contribution < -0.4 is 15.6 Å². The lowest BCUT2D eigenvalue weighted by Gasteiger charge is -2.26. The van der Waals surface area contributed by atoms with Gasteiger partial charge in [0, 0.05) is 12.5 Å². The summed E-state index contributed by atoms with van der Waals surface area (Å²) in [5, 5.41) is 9.49. The van der Waals surface area contributed by atoms with Gasteiger partial charge in [-0.3, -0.25) is 4.79 Å². The molecule has 0 spiro atoms. The van der Waals surface area contributed by atoms with Crippen molar-refractivity contribution >= 4 is 17.3 Å². The lowest BCUT2D eigenvalue weighted by molar-refractivity contribution is 0.413. The maximum Gasteiger partial charge on any atom is 0.285 e. The quantitative estimate of drug-likeness (QED) is 0.909. The number of halogens is 1. The first-order valence-corrected chi connectivity index (χ1v) is 7.70. The minimum Gasteiger partial charge on any atom is -0.497 e. The van der Waals surface area contributed by atoms with Gasteiger partial charge in [0.2, 0.25) is 0 Å². The molecule has 0 aliphatic heterocycles. The summed E-state index contributed by atoms with van der Waals surface area (Å²) in [6.45, 7) is 0.726. The van der Waals surface area contributed by atoms with Gasteiger partial charge in [-0.1, -0.05) is 17.7 Å². The summed E-state index contributed by atoms with van der Waals surface area (Å²) >= 11 is 5.99. The number of benzene rings is 1. The van der Waals surface area contributed by atoms with Crippen LogP contribution in [0.2, 0.25) is 5.02 Å². The van der Waals surface area contributed by atoms with Crippen LogP contribution >= 0.6 is 11.6 Å². The second kappa shape index (κ2) is 6.40. The van der Waals surface area contributed by atoms with E-state index in [2.05, 4.69) is 27.6 Å². The highest BCUT2D eigenvalue weighted by atomic mass is 35.5. The molecule has 1 aliphatic carbocycles. The van der Waals surface area contributed by atoms with E-state index >= 15 is 0 Å². The second-order valence-corrected chi connectivity index (χ2v) is 5.84. The zero-order chi connectivity index (χ0) is 15.5. The normalized spacial score (nSPS) is 16.9. The highest BCUT2D eigenvalue weighted by Gasteiger charge is 2.21. The van der Waals surface area contributed by atoms with Crippen LogP contribution in [0.4, 0.5) is 5.69 Å². The van der Waals surface area contributed by atoms with Crippen molar-refractivity contribution in [1.82, 2.24) is 10.2 Å². The van der Waals surface area contributed by atoms with Crippen molar-refractivity contribution in [2.24, 2.45) is 0 Å². The summed E-state index contributed by atoms with van der Waals surface area (Å²) < 4.78 is 5.29. The SMILES string of the molecule is COc1ccc2c(c1)CCC[C@H]2CNc1cn[nH]c(=O)c1Cl. The summed E-state index contributed by atoms with van der Waals surface area (Å²) in [6, 6.07) is 6.25. The van der Waals surface area contributed by atoms with Gasteiger partial charge in [0.05, 0.1) is 19.0 Å². The molecule has 0 unspecified atom stereocenters. The molecule has 1 heterocycles. The van der Waals surface area contributed by atoms with Gasteiger partial charge in [-0.05, 0) is 42.5 Å². The van der Waals surface area contributed by atoms with Crippen LogP contribution in [0.3, 0.4) is 0 Å². The smallest absolute Gasteiger partial charge is 0.285 e. The number of hydrogen-bond donors (Lipinski definition) is 2. The number of anilines is 1. The summed E-state index contributed by atoms with van der Waals surface area (Å²) in [5.74, 6) is 1.29. The van der Waals surface area contributed by atoms with E-state index in [9.17, 15) is 4.79 Å². The molecule has 0 saturated heterocycles. The molecule has 6 heteroatoms. The highest BCUT2D eigenvalue weighted by Crippen LogP contribution is 2.34. The molecule has 116 valence electrons. The Morgan fingerprint density at radius 1 is 1.50 bits per heavy atom. The number of nitrogens with zero attached hydrogens (tertiary/aromatic N) is 1. The number of methoxy groups -OCH3 is 1. The van der Waals surface area contributed by atoms with Crippen LogP contribution in [0.15, 0.2) is 29.2 Å². The number of fused-ring (bicyclic) bond motifs is 1. The standard InChI is InChI=1S/C16H18ClN3O2/c1-22-12-5-6-13-10(7-12)3-2-4-11(13)8-18-14-9-19-20-16(21)15(14)17/h5-7,9,11H,2-4,8H2,1H3,(H2,18,20,21)/t11-/m0/s1. The highest BCUT2D eigenvalue weighted by molar-refractivity contribution is 6.32. The predicted molar refractivity (Wildman–Crippen MR) is 87.0 cm³/mol. The van der Waals surface area contributed by atoms with Gasteiger partial charge in [-0.15, -0.1) is 0 Å². The maximum atomic E-state index is 11.5. The molecule has 0 radical (unpaired) electrons. The summed E-state index contributed by atoms with van der Waals surface area (Å²) in [5.41, 5.74) is 2.88. The number of ether oxygens (including phenoxy) is 1. The zero-order valence-corrected chi connectivity index (χ0v) is 13.1. The number of H-pyrrole nitrogens is 1. The molecular formula is C16H18ClN3O2. The molecule has 1 aliphatic rings. The fourth-order valence-corrected chi connectivity index (χ4v) is 3.13. The third-order valence-electron chi connectivity index (χ3n) is 4.12. The van der Waals surface area contributed by atoms with E-state index in [4.69, 9.17) is 16.3 Å². The van der Waals surface area contributed by atoms with Crippen LogP contribution in [0.25, 0.3) is 0 Å². The fourth-order valence-electron chi connectivity index (χ4n) is 2.97. The van der Waals surface area contributed by atoms with Crippen molar-refractivity contribution in [1.29, 1.82) is 0 Å². The maximum absolute atomic E-state index is 11.5. The third-order valence-corrected chi connectivity index (χ3v) is 4.50. The van der Waals surface area contributed by atoms with E-state index in [1.54, 1.807) is 13.3 Å². The minimum atomic E-state index is -0.375. The van der Waals surface area contributed by atoms with Crippen LogP contribution in [-0.4, -0.2) is 23.9 Å². The topological polar surface area (TPSA) is 67.0 Å². The zero-order valence-electron chi connectivity index (χ0n) is 12.4. The summed E-state index contributed by atoms with van der Waals surface area (Å²) in [4.78, 5) is 11.5. The Morgan fingerprint density at radius 2 is 2.36 bits per heavy atom. The Morgan fingerprint density at radius 3 is 3.18 bits per heavy atom. The van der Waals surface area contributed by atoms with Crippen molar-refractivity contribution in [2.75, 3.05) is 19.0 Å². The lowest BCUT2D eigenvalue weighted by atomic mass is 9.82. The molecule has 1 aromatic carbocycles. The van der Waals surface area contributed by atoms with E-state index in [0.717, 1.165) is 31.6 Å². The number of aryl methyl sites for hydroxylation is 1. The van der Waals surface area contributed by atoms with Gasteiger partial charge in [0.15, 0.2) is 0 Å². The van der Waals surface area contributed by atoms with Crippen molar-refractivity contribution in [3.8, 4) is 5.75 Å². The molecule has 0 fully saturated rings. The van der Waals surface area contributed by atoms with Gasteiger partial charge in [-0.2, -0.15) is 5.10 Å². The van der Waals surface area contributed by atoms with Gasteiger partial charge < -0.3 is 10.1 Å². The Kier molecular flexibility index (Phi) is 4.34. The first kappa shape index (κ1) is 14.9. The first-order chi connectivity index (χ1) is 10.7. The summed E-state index contributed by atoms with van der Waals surface area (Å²) in [7, 11) is 1.69. The molecule has 22 heavy (non-hydrogen) atoms. The number of rotatable bonds is 4. The van der Waals surface area contributed by atoms with Crippen LogP contribution in [0.5, 0.6) is 5.75 Å². The van der Waals surface area contributed by atoms with Gasteiger partial charge in [-0.25, -0.2) is 5.10 Å². The van der Waals surface area contributed by atoms with Gasteiger partial charge in [0.25, 0.3) is 5.56 Å². The van der Waals surface area contributed by atoms with E-state index in [0.29, 0.717) is 11.6 Å². The van der Waals surface area contributed by atoms with Crippen LogP contribution in [0, 0.1) is 0 Å². The number of aromatic amines is 1. The third kappa shape index (κ3) is 2.95. The van der Waals surface area contributed by atoms with Gasteiger partial charge in [0.1, 0.15) is 10.8 Å². The Labute approximate surface area is 133 Å². The van der Waals surface area contributed by atoms with E-state index in [-0.39, 0.29) is 10.6 Å². The van der Waals surface area contributed by atoms with Crippen molar-refractivity contribution in [2.45, 2.75) is 25.2 Å². The molecule has 1 aromatic heterocycles. The van der Waals surface area contributed by atoms with Gasteiger partial charge >= 0.3 is 0 Å². The summed E-state index contributed by atoms with van der Waals surface area (Å²) in [6.07, 6.45) is 4.88. The molecule has 0 amide bonds. The predicted octanol–water partition coefficient (Wildman–Crippen LogP) is 2.96. The molecule has 1 atom stereocenters. The average molecular weight is 320 g/mol. The molecule has 3 rings (SSSR count). The van der Waals surface area contributed by atoms with Crippen molar-refractivity contribution in [3.63, 3.8) is 0 Å². The molecule has 5 nitrogen and oxygen atoms in total. The number of hydrogen-bond acceptors (Lipinski definition) is 4. The Hall–Kier alpha value is -2.01. The van der Waals surface area contributed by atoms with Crippen molar-refractivity contribution in [3.05, 3.63) is 50.9 Å². The average Bonchev–Trinajstić information content (AvgIpc) is 2.55. The first-order valence-electron chi connectivity index (χ1n) is 7.33. The second-order valence-electron chi connectivity index (χ2n) is 5.46. The molecule has 0 saturated carbocycles. The monoisotopic (exact) mass is 319 g/mol. The largest absolute Gasteiger partial charge is 0.497 e. The van der Waals surface area contributed by atoms with Crippen LogP contribution in [0.1, 0.15) is 29.9 Å². The minimum absolute atomic E-state index is 0.153. The number of nitrogens with one attached hydrogen (secondary N) is 2. The molecule has 0 bridgehead atoms. The molecule has 2 N–H and O–H groups in total. The molecule has 2 aromatic rings. The Balaban J connectivity index is 1.77. The molecular weight excluding hydrogens is 302 g/mol. The van der Waals surface area contributed by atoms with E-state index < -0.39 is 0 Å².